The number of thioether (sulfide) groups is 1. The van der Waals surface area contributed by atoms with Gasteiger partial charge in [0.05, 0.1) is 6.04 Å². The van der Waals surface area contributed by atoms with Gasteiger partial charge in [-0.15, -0.1) is 0 Å². The van der Waals surface area contributed by atoms with Crippen LogP contribution in [0.1, 0.15) is 38.7 Å². The number of amides is 4. The molecule has 36 heavy (non-hydrogen) atoms. The van der Waals surface area contributed by atoms with Gasteiger partial charge in [0.25, 0.3) is 0 Å². The van der Waals surface area contributed by atoms with Crippen molar-refractivity contribution >= 4 is 41.4 Å². The van der Waals surface area contributed by atoms with Crippen molar-refractivity contribution in [3.63, 3.8) is 0 Å². The lowest BCUT2D eigenvalue weighted by Gasteiger charge is -2.26. The molecule has 0 aliphatic carbocycles. The number of benzene rings is 1. The number of nitrogens with two attached hydrogens (primary N) is 2. The van der Waals surface area contributed by atoms with E-state index in [1.165, 1.54) is 11.8 Å². The van der Waals surface area contributed by atoms with Crippen molar-refractivity contribution in [2.45, 2.75) is 63.7 Å². The Balaban J connectivity index is 3.07. The van der Waals surface area contributed by atoms with Crippen LogP contribution in [-0.4, -0.2) is 70.9 Å². The fourth-order valence-corrected chi connectivity index (χ4v) is 3.78. The van der Waals surface area contributed by atoms with Crippen molar-refractivity contribution in [1.29, 1.82) is 0 Å². The van der Waals surface area contributed by atoms with E-state index in [-0.39, 0.29) is 31.6 Å². The lowest BCUT2D eigenvalue weighted by molar-refractivity contribution is -0.143. The van der Waals surface area contributed by atoms with Gasteiger partial charge in [0.2, 0.25) is 23.6 Å². The molecule has 1 aromatic rings. The number of nitrogens with one attached hydrogen (secondary N) is 3. The topological polar surface area (TPSA) is 194 Å². The highest BCUT2D eigenvalue weighted by Crippen LogP contribution is 2.09. The van der Waals surface area contributed by atoms with E-state index in [9.17, 15) is 29.1 Å². The average Bonchev–Trinajstić information content (AvgIpc) is 2.82. The largest absolute Gasteiger partial charge is 0.480 e. The van der Waals surface area contributed by atoms with Crippen molar-refractivity contribution < 1.29 is 29.1 Å². The summed E-state index contributed by atoms with van der Waals surface area (Å²) >= 11 is 1.47. The van der Waals surface area contributed by atoms with Crippen LogP contribution in [0.2, 0.25) is 0 Å². The van der Waals surface area contributed by atoms with Gasteiger partial charge in [0.1, 0.15) is 18.1 Å². The highest BCUT2D eigenvalue weighted by Gasteiger charge is 2.31. The van der Waals surface area contributed by atoms with Crippen LogP contribution in [0.15, 0.2) is 30.3 Å². The van der Waals surface area contributed by atoms with Crippen molar-refractivity contribution in [1.82, 2.24) is 16.0 Å². The van der Waals surface area contributed by atoms with Crippen LogP contribution in [0.25, 0.3) is 0 Å². The maximum absolute atomic E-state index is 13.2. The molecule has 0 aliphatic rings. The molecule has 200 valence electrons. The third-order valence-corrected chi connectivity index (χ3v) is 6.07. The minimum Gasteiger partial charge on any atom is -0.480 e. The number of primary amides is 1. The first-order valence-electron chi connectivity index (χ1n) is 11.7. The second-order valence-electron chi connectivity index (χ2n) is 8.77. The molecule has 0 saturated carbocycles. The molecule has 0 saturated heterocycles. The molecule has 4 atom stereocenters. The summed E-state index contributed by atoms with van der Waals surface area (Å²) in [4.78, 5) is 61.4. The quantitative estimate of drug-likeness (QED) is 0.171. The molecular weight excluding hydrogens is 486 g/mol. The van der Waals surface area contributed by atoms with Gasteiger partial charge in [-0.2, -0.15) is 11.8 Å². The monoisotopic (exact) mass is 523 g/mol. The van der Waals surface area contributed by atoms with Gasteiger partial charge in [0, 0.05) is 12.8 Å². The third kappa shape index (κ3) is 11.1. The van der Waals surface area contributed by atoms with Crippen LogP contribution in [0.3, 0.4) is 0 Å². The van der Waals surface area contributed by atoms with Gasteiger partial charge in [-0.25, -0.2) is 4.79 Å². The Bertz CT molecular complexity index is 898. The summed E-state index contributed by atoms with van der Waals surface area (Å²) in [6.45, 7) is 3.33. The Labute approximate surface area is 215 Å². The molecule has 1 rings (SSSR count). The molecular formula is C24H37N5O6S. The van der Waals surface area contributed by atoms with Crippen LogP contribution < -0.4 is 27.4 Å². The Morgan fingerprint density at radius 1 is 0.917 bits per heavy atom. The third-order valence-electron chi connectivity index (χ3n) is 5.43. The number of carbonyl (C=O) groups excluding carboxylic acids is 4. The Morgan fingerprint density at radius 3 is 2.03 bits per heavy atom. The van der Waals surface area contributed by atoms with Crippen LogP contribution in [0, 0.1) is 5.92 Å². The Kier molecular flexibility index (Phi) is 13.6. The molecule has 8 N–H and O–H groups in total. The highest BCUT2D eigenvalue weighted by molar-refractivity contribution is 7.98. The van der Waals surface area contributed by atoms with Crippen molar-refractivity contribution in [2.24, 2.45) is 17.4 Å². The molecule has 0 aromatic heterocycles. The van der Waals surface area contributed by atoms with E-state index in [2.05, 4.69) is 16.0 Å². The number of carboxylic acids is 1. The van der Waals surface area contributed by atoms with Gasteiger partial charge in [-0.05, 0) is 36.3 Å². The summed E-state index contributed by atoms with van der Waals surface area (Å²) in [5, 5.41) is 17.2. The van der Waals surface area contributed by atoms with Gasteiger partial charge in [-0.1, -0.05) is 44.2 Å². The first-order chi connectivity index (χ1) is 17.0. The number of rotatable bonds is 16. The van der Waals surface area contributed by atoms with E-state index in [0.29, 0.717) is 5.75 Å². The number of hydrogen-bond donors (Lipinski definition) is 6. The summed E-state index contributed by atoms with van der Waals surface area (Å²) in [6.07, 6.45) is 2.19. The van der Waals surface area contributed by atoms with Crippen molar-refractivity contribution in [2.75, 3.05) is 12.0 Å². The smallest absolute Gasteiger partial charge is 0.326 e. The summed E-state index contributed by atoms with van der Waals surface area (Å²) in [5.41, 5.74) is 11.7. The lowest BCUT2D eigenvalue weighted by atomic mass is 10.0. The van der Waals surface area contributed by atoms with E-state index in [1.807, 2.05) is 12.3 Å². The first kappa shape index (κ1) is 30.9. The normalized spacial score (nSPS) is 14.2. The van der Waals surface area contributed by atoms with Gasteiger partial charge >= 0.3 is 5.97 Å². The van der Waals surface area contributed by atoms with Crippen LogP contribution in [-0.2, 0) is 30.4 Å². The van der Waals surface area contributed by atoms with E-state index in [1.54, 1.807) is 38.1 Å². The summed E-state index contributed by atoms with van der Waals surface area (Å²) in [5.74, 6) is -3.49. The molecule has 4 unspecified atom stereocenters. The molecule has 0 radical (unpaired) electrons. The second-order valence-corrected chi connectivity index (χ2v) is 9.76. The fraction of sp³-hybridized carbons (Fsp3) is 0.542. The molecule has 12 heteroatoms. The number of carbonyl (C=O) groups is 5. The van der Waals surface area contributed by atoms with E-state index < -0.39 is 53.8 Å². The Hall–Kier alpha value is -3.12. The number of hydrogen-bond acceptors (Lipinski definition) is 7. The zero-order valence-corrected chi connectivity index (χ0v) is 21.7. The van der Waals surface area contributed by atoms with Gasteiger partial charge in [0.15, 0.2) is 0 Å². The van der Waals surface area contributed by atoms with E-state index >= 15 is 0 Å². The SMILES string of the molecule is CSCCC(NC(=O)C(N)CCC(N)=O)C(=O)NC(Cc1ccccc1)C(=O)NC(C(=O)O)C(C)C. The molecule has 11 nitrogen and oxygen atoms in total. The predicted octanol–water partition coefficient (Wildman–Crippen LogP) is -0.230. The second kappa shape index (κ2) is 15.8. The fourth-order valence-electron chi connectivity index (χ4n) is 3.31. The predicted molar refractivity (Wildman–Crippen MR) is 138 cm³/mol. The molecule has 1 aromatic carbocycles. The van der Waals surface area contributed by atoms with Gasteiger partial charge in [-0.3, -0.25) is 19.2 Å². The number of aliphatic carboxylic acids is 1. The Morgan fingerprint density at radius 2 is 1.50 bits per heavy atom. The minimum atomic E-state index is -1.18. The van der Waals surface area contributed by atoms with E-state index in [4.69, 9.17) is 11.5 Å². The van der Waals surface area contributed by atoms with Crippen LogP contribution in [0.5, 0.6) is 0 Å². The summed E-state index contributed by atoms with van der Waals surface area (Å²) in [6, 6.07) is 4.71. The molecule has 0 bridgehead atoms. The zero-order valence-electron chi connectivity index (χ0n) is 20.9. The lowest BCUT2D eigenvalue weighted by Crippen LogP contribution is -2.58. The van der Waals surface area contributed by atoms with Crippen molar-refractivity contribution in [3.05, 3.63) is 35.9 Å². The summed E-state index contributed by atoms with van der Waals surface area (Å²) in [7, 11) is 0. The van der Waals surface area contributed by atoms with Crippen LogP contribution >= 0.6 is 11.8 Å². The maximum atomic E-state index is 13.2. The van der Waals surface area contributed by atoms with E-state index in [0.717, 1.165) is 5.56 Å². The first-order valence-corrected chi connectivity index (χ1v) is 13.1. The summed E-state index contributed by atoms with van der Waals surface area (Å²) < 4.78 is 0. The zero-order chi connectivity index (χ0) is 27.3. The highest BCUT2D eigenvalue weighted by atomic mass is 32.2. The maximum Gasteiger partial charge on any atom is 0.326 e. The average molecular weight is 524 g/mol. The molecule has 0 aliphatic heterocycles. The molecule has 4 amide bonds. The van der Waals surface area contributed by atoms with Gasteiger partial charge < -0.3 is 32.5 Å². The van der Waals surface area contributed by atoms with Crippen molar-refractivity contribution in [3.8, 4) is 0 Å². The standard InChI is InChI=1S/C24H37N5O6S/c1-14(2)20(24(34)35)29-23(33)18(13-15-7-5-4-6-8-15)28-22(32)17(11-12-36-3)27-21(31)16(25)9-10-19(26)30/h4-8,14,16-18,20H,9-13,25H2,1-3H3,(H2,26,30)(H,27,31)(H,28,32)(H,29,33)(H,34,35). The minimum absolute atomic E-state index is 0.0306. The number of carboxylic acid groups (broad SMARTS) is 1. The van der Waals surface area contributed by atoms with Crippen LogP contribution in [0.4, 0.5) is 0 Å². The molecule has 0 spiro atoms. The molecule has 0 heterocycles. The molecule has 0 fully saturated rings.